The van der Waals surface area contributed by atoms with Crippen molar-refractivity contribution >= 4 is 21.9 Å². The summed E-state index contributed by atoms with van der Waals surface area (Å²) in [5.41, 5.74) is 1.26. The molecule has 0 atom stereocenters. The van der Waals surface area contributed by atoms with Crippen LogP contribution in [0.3, 0.4) is 0 Å². The monoisotopic (exact) mass is 367 g/mol. The van der Waals surface area contributed by atoms with Gasteiger partial charge in [0.05, 0.1) is 18.4 Å². The van der Waals surface area contributed by atoms with Gasteiger partial charge in [0.1, 0.15) is 6.61 Å². The van der Waals surface area contributed by atoms with Gasteiger partial charge in [-0.3, -0.25) is 13.8 Å². The van der Waals surface area contributed by atoms with Crippen LogP contribution in [0.25, 0.3) is 0 Å². The van der Waals surface area contributed by atoms with Gasteiger partial charge in [0.15, 0.2) is 0 Å². The van der Waals surface area contributed by atoms with Crippen molar-refractivity contribution in [2.24, 2.45) is 12.2 Å². The molecule has 0 radical (unpaired) electrons. The molecule has 0 saturated heterocycles. The van der Waals surface area contributed by atoms with E-state index in [0.717, 1.165) is 9.87 Å². The number of carbonyl (C=O) groups excluding carboxylic acids is 1. The van der Waals surface area contributed by atoms with Crippen LogP contribution in [-0.2, 0) is 33.4 Å². The number of anilines is 1. The first-order valence-corrected chi connectivity index (χ1v) is 9.06. The number of hydrogen-bond acceptors (Lipinski definition) is 6. The Morgan fingerprint density at radius 3 is 2.68 bits per heavy atom. The van der Waals surface area contributed by atoms with E-state index in [1.54, 1.807) is 13.2 Å². The molecule has 0 aliphatic rings. The minimum absolute atomic E-state index is 0.0294. The maximum Gasteiger partial charge on any atom is 0.320 e. The third-order valence-corrected chi connectivity index (χ3v) is 4.30. The van der Waals surface area contributed by atoms with Crippen molar-refractivity contribution in [2.75, 3.05) is 23.9 Å². The molecular weight excluding hydrogens is 346 g/mol. The molecule has 2 aromatic rings. The summed E-state index contributed by atoms with van der Waals surface area (Å²) >= 11 is 0. The lowest BCUT2D eigenvalue weighted by Gasteiger charge is -2.19. The summed E-state index contributed by atoms with van der Waals surface area (Å²) in [6.45, 7) is 0.459. The maximum absolute atomic E-state index is 11.7. The number of hydrogen-bond donors (Lipinski definition) is 2. The van der Waals surface area contributed by atoms with Gasteiger partial charge in [0.2, 0.25) is 0 Å². The molecule has 2 rings (SSSR count). The van der Waals surface area contributed by atoms with Crippen LogP contribution in [-0.4, -0.2) is 43.8 Å². The van der Waals surface area contributed by atoms with Gasteiger partial charge in [-0.2, -0.15) is 13.5 Å². The largest absolute Gasteiger partial charge is 0.460 e. The first-order chi connectivity index (χ1) is 11.9. The standard InChI is InChI=1S/C15H21N5O4S/c1-19-11-14(9-18-19)20(25(16,22)23)8-7-17-10-15(21)24-12-13-5-3-2-4-6-13/h2-6,9,11,17H,7-8,10,12H2,1H3,(H2,16,22,23). The fourth-order valence-electron chi connectivity index (χ4n) is 2.10. The molecule has 25 heavy (non-hydrogen) atoms. The highest BCUT2D eigenvalue weighted by Gasteiger charge is 2.19. The molecule has 136 valence electrons. The summed E-state index contributed by atoms with van der Waals surface area (Å²) in [4.78, 5) is 11.7. The lowest BCUT2D eigenvalue weighted by Crippen LogP contribution is -2.41. The molecule has 0 saturated carbocycles. The lowest BCUT2D eigenvalue weighted by atomic mass is 10.2. The normalized spacial score (nSPS) is 11.3. The number of benzene rings is 1. The van der Waals surface area contributed by atoms with Gasteiger partial charge < -0.3 is 10.1 Å². The number of nitrogens with two attached hydrogens (primary N) is 1. The van der Waals surface area contributed by atoms with E-state index in [1.807, 2.05) is 30.3 Å². The summed E-state index contributed by atoms with van der Waals surface area (Å²) in [5, 5.41) is 12.0. The van der Waals surface area contributed by atoms with E-state index in [4.69, 9.17) is 9.88 Å². The minimum atomic E-state index is -3.93. The Bertz CT molecular complexity index is 791. The van der Waals surface area contributed by atoms with Gasteiger partial charge in [-0.1, -0.05) is 30.3 Å². The molecule has 0 aliphatic heterocycles. The molecule has 1 heterocycles. The number of aryl methyl sites for hydroxylation is 1. The molecule has 0 spiro atoms. The average molecular weight is 367 g/mol. The van der Waals surface area contributed by atoms with E-state index in [2.05, 4.69) is 10.4 Å². The topological polar surface area (TPSA) is 120 Å². The summed E-state index contributed by atoms with van der Waals surface area (Å²) < 4.78 is 31.0. The summed E-state index contributed by atoms with van der Waals surface area (Å²) in [5.74, 6) is -0.424. The fourth-order valence-corrected chi connectivity index (χ4v) is 2.83. The van der Waals surface area contributed by atoms with E-state index in [0.29, 0.717) is 5.69 Å². The number of rotatable bonds is 9. The Kier molecular flexibility index (Phi) is 6.51. The molecule has 3 N–H and O–H groups in total. The quantitative estimate of drug-likeness (QED) is 0.466. The Morgan fingerprint density at radius 2 is 2.08 bits per heavy atom. The smallest absolute Gasteiger partial charge is 0.320 e. The fraction of sp³-hybridized carbons (Fsp3) is 0.333. The Morgan fingerprint density at radius 1 is 1.36 bits per heavy atom. The summed E-state index contributed by atoms with van der Waals surface area (Å²) in [7, 11) is -2.26. The Hall–Kier alpha value is -2.43. The molecule has 10 heteroatoms. The highest BCUT2D eigenvalue weighted by molar-refractivity contribution is 7.90. The zero-order valence-corrected chi connectivity index (χ0v) is 14.6. The maximum atomic E-state index is 11.7. The van der Waals surface area contributed by atoms with Crippen LogP contribution in [0.1, 0.15) is 5.56 Å². The van der Waals surface area contributed by atoms with Crippen LogP contribution in [0.2, 0.25) is 0 Å². The SMILES string of the molecule is Cn1cc(N(CCNCC(=O)OCc2ccccc2)S(N)(=O)=O)cn1. The van der Waals surface area contributed by atoms with Crippen LogP contribution in [0.15, 0.2) is 42.7 Å². The number of esters is 1. The second-order valence-corrected chi connectivity index (χ2v) is 6.78. The van der Waals surface area contributed by atoms with Crippen LogP contribution in [0, 0.1) is 0 Å². The molecule has 0 aliphatic carbocycles. The van der Waals surface area contributed by atoms with Crippen molar-refractivity contribution in [1.82, 2.24) is 15.1 Å². The van der Waals surface area contributed by atoms with E-state index in [-0.39, 0.29) is 26.2 Å². The minimum Gasteiger partial charge on any atom is -0.460 e. The number of nitrogens with one attached hydrogen (secondary N) is 1. The van der Waals surface area contributed by atoms with Crippen molar-refractivity contribution in [3.63, 3.8) is 0 Å². The third-order valence-electron chi connectivity index (χ3n) is 3.29. The molecule has 0 bridgehead atoms. The van der Waals surface area contributed by atoms with E-state index in [1.165, 1.54) is 10.9 Å². The average Bonchev–Trinajstić information content (AvgIpc) is 2.98. The molecule has 9 nitrogen and oxygen atoms in total. The van der Waals surface area contributed by atoms with Gasteiger partial charge in [0.25, 0.3) is 10.2 Å². The first-order valence-electron chi connectivity index (χ1n) is 7.55. The van der Waals surface area contributed by atoms with E-state index >= 15 is 0 Å². The van der Waals surface area contributed by atoms with Gasteiger partial charge in [-0.05, 0) is 5.56 Å². The number of nitrogens with zero attached hydrogens (tertiary/aromatic N) is 3. The zero-order chi connectivity index (χ0) is 18.3. The van der Waals surface area contributed by atoms with Gasteiger partial charge >= 0.3 is 5.97 Å². The number of aromatic nitrogens is 2. The van der Waals surface area contributed by atoms with Crippen LogP contribution < -0.4 is 14.8 Å². The predicted octanol–water partition coefficient (Wildman–Crippen LogP) is -0.237. The summed E-state index contributed by atoms with van der Waals surface area (Å²) in [6.07, 6.45) is 2.94. The first kappa shape index (κ1) is 18.9. The van der Waals surface area contributed by atoms with Crippen molar-refractivity contribution in [1.29, 1.82) is 0 Å². The Labute approximate surface area is 146 Å². The molecule has 0 fully saturated rings. The Balaban J connectivity index is 1.75. The predicted molar refractivity (Wildman–Crippen MR) is 92.8 cm³/mol. The molecule has 0 amide bonds. The summed E-state index contributed by atoms with van der Waals surface area (Å²) in [6, 6.07) is 9.33. The lowest BCUT2D eigenvalue weighted by molar-refractivity contribution is -0.143. The van der Waals surface area contributed by atoms with Gasteiger partial charge in [-0.25, -0.2) is 5.14 Å². The third kappa shape index (κ3) is 6.18. The molecular formula is C15H21N5O4S. The van der Waals surface area contributed by atoms with Crippen LogP contribution >= 0.6 is 0 Å². The van der Waals surface area contributed by atoms with Crippen molar-refractivity contribution in [3.05, 3.63) is 48.3 Å². The van der Waals surface area contributed by atoms with Crippen molar-refractivity contribution in [2.45, 2.75) is 6.61 Å². The van der Waals surface area contributed by atoms with Gasteiger partial charge in [0, 0.05) is 26.3 Å². The highest BCUT2D eigenvalue weighted by Crippen LogP contribution is 2.13. The second-order valence-electron chi connectivity index (χ2n) is 5.31. The number of carbonyl (C=O) groups is 1. The van der Waals surface area contributed by atoms with Crippen LogP contribution in [0.4, 0.5) is 5.69 Å². The van der Waals surface area contributed by atoms with Crippen molar-refractivity contribution in [3.8, 4) is 0 Å². The second kappa shape index (κ2) is 8.60. The van der Waals surface area contributed by atoms with Crippen molar-refractivity contribution < 1.29 is 17.9 Å². The van der Waals surface area contributed by atoms with Crippen LogP contribution in [0.5, 0.6) is 0 Å². The van der Waals surface area contributed by atoms with Gasteiger partial charge in [-0.15, -0.1) is 0 Å². The van der Waals surface area contributed by atoms with E-state index < -0.39 is 16.2 Å². The zero-order valence-electron chi connectivity index (χ0n) is 13.8. The van der Waals surface area contributed by atoms with E-state index in [9.17, 15) is 13.2 Å². The number of ether oxygens (including phenoxy) is 1. The molecule has 0 unspecified atom stereocenters. The molecule has 1 aromatic carbocycles. The highest BCUT2D eigenvalue weighted by atomic mass is 32.2. The molecule has 1 aromatic heterocycles.